The lowest BCUT2D eigenvalue weighted by Crippen LogP contribution is -2.37. The molecule has 0 atom stereocenters. The predicted molar refractivity (Wildman–Crippen MR) is 71.5 cm³/mol. The van der Waals surface area contributed by atoms with E-state index in [-0.39, 0.29) is 0 Å². The molecule has 5 nitrogen and oxygen atoms in total. The van der Waals surface area contributed by atoms with E-state index in [1.165, 1.54) is 18.5 Å². The van der Waals surface area contributed by atoms with Crippen molar-refractivity contribution >= 4 is 0 Å². The molecule has 1 saturated heterocycles. The second-order valence-electron chi connectivity index (χ2n) is 4.69. The molecule has 1 aromatic rings. The molecule has 0 aliphatic carbocycles. The maximum Gasteiger partial charge on any atom is 0.0594 e. The predicted octanol–water partition coefficient (Wildman–Crippen LogP) is 0.715. The number of nitrogens with one attached hydrogen (secondary N) is 1. The molecule has 0 saturated carbocycles. The first kappa shape index (κ1) is 13.5. The standard InChI is InChI=1S/C13H24N4O/c1-2-17-12-13(11-15-17)10-14-4-3-5-16-6-8-18-9-7-16/h11-12,14H,2-10H2,1H3. The zero-order valence-electron chi connectivity index (χ0n) is 11.3. The van der Waals surface area contributed by atoms with Crippen LogP contribution in [0.2, 0.25) is 0 Å². The lowest BCUT2D eigenvalue weighted by Gasteiger charge is -2.26. The van der Waals surface area contributed by atoms with Crippen molar-refractivity contribution in [3.05, 3.63) is 18.0 Å². The smallest absolute Gasteiger partial charge is 0.0594 e. The topological polar surface area (TPSA) is 42.3 Å². The maximum absolute atomic E-state index is 5.33. The minimum Gasteiger partial charge on any atom is -0.379 e. The van der Waals surface area contributed by atoms with Gasteiger partial charge in [0.25, 0.3) is 0 Å². The average Bonchev–Trinajstić information content (AvgIpc) is 2.87. The molecule has 0 radical (unpaired) electrons. The van der Waals surface area contributed by atoms with Crippen molar-refractivity contribution in [2.24, 2.45) is 0 Å². The van der Waals surface area contributed by atoms with Gasteiger partial charge in [0.1, 0.15) is 0 Å². The van der Waals surface area contributed by atoms with Gasteiger partial charge in [-0.25, -0.2) is 0 Å². The summed E-state index contributed by atoms with van der Waals surface area (Å²) < 4.78 is 7.29. The molecular formula is C13H24N4O. The van der Waals surface area contributed by atoms with Gasteiger partial charge in [0.2, 0.25) is 0 Å². The highest BCUT2D eigenvalue weighted by molar-refractivity contribution is 5.02. The molecule has 1 aromatic heterocycles. The number of hydrogen-bond acceptors (Lipinski definition) is 4. The van der Waals surface area contributed by atoms with E-state index < -0.39 is 0 Å². The van der Waals surface area contributed by atoms with Gasteiger partial charge in [-0.2, -0.15) is 5.10 Å². The number of aromatic nitrogens is 2. The van der Waals surface area contributed by atoms with Gasteiger partial charge >= 0.3 is 0 Å². The van der Waals surface area contributed by atoms with Crippen LogP contribution in [-0.2, 0) is 17.8 Å². The highest BCUT2D eigenvalue weighted by Gasteiger charge is 2.08. The maximum atomic E-state index is 5.33. The second kappa shape index (κ2) is 7.51. The summed E-state index contributed by atoms with van der Waals surface area (Å²) in [5.41, 5.74) is 1.27. The van der Waals surface area contributed by atoms with Gasteiger partial charge in [-0.1, -0.05) is 0 Å². The minimum atomic E-state index is 0.892. The molecule has 0 unspecified atom stereocenters. The Bertz CT molecular complexity index is 333. The summed E-state index contributed by atoms with van der Waals surface area (Å²) in [6.07, 6.45) is 5.25. The molecule has 1 fully saturated rings. The van der Waals surface area contributed by atoms with Crippen LogP contribution in [0.15, 0.2) is 12.4 Å². The van der Waals surface area contributed by atoms with E-state index in [2.05, 4.69) is 28.4 Å². The summed E-state index contributed by atoms with van der Waals surface area (Å²) in [4.78, 5) is 2.47. The Morgan fingerprint density at radius 2 is 2.22 bits per heavy atom. The number of ether oxygens (including phenoxy) is 1. The Kier molecular flexibility index (Phi) is 5.64. The highest BCUT2D eigenvalue weighted by Crippen LogP contribution is 1.99. The summed E-state index contributed by atoms with van der Waals surface area (Å²) in [6, 6.07) is 0. The molecule has 1 N–H and O–H groups in total. The van der Waals surface area contributed by atoms with Crippen molar-refractivity contribution < 1.29 is 4.74 Å². The van der Waals surface area contributed by atoms with Gasteiger partial charge in [-0.15, -0.1) is 0 Å². The van der Waals surface area contributed by atoms with Gasteiger partial charge in [0.05, 0.1) is 19.4 Å². The van der Waals surface area contributed by atoms with Crippen LogP contribution in [0.3, 0.4) is 0 Å². The van der Waals surface area contributed by atoms with Crippen LogP contribution in [0.25, 0.3) is 0 Å². The SMILES string of the molecule is CCn1cc(CNCCCN2CCOCC2)cn1. The fraction of sp³-hybridized carbons (Fsp3) is 0.769. The van der Waals surface area contributed by atoms with Gasteiger partial charge in [0, 0.05) is 37.9 Å². The fourth-order valence-corrected chi connectivity index (χ4v) is 2.16. The van der Waals surface area contributed by atoms with Gasteiger partial charge < -0.3 is 10.1 Å². The molecule has 2 heterocycles. The first-order chi connectivity index (χ1) is 8.88. The van der Waals surface area contributed by atoms with Crippen LogP contribution in [0.4, 0.5) is 0 Å². The molecule has 1 aliphatic rings. The summed E-state index contributed by atoms with van der Waals surface area (Å²) in [7, 11) is 0. The van der Waals surface area contributed by atoms with E-state index >= 15 is 0 Å². The molecule has 18 heavy (non-hydrogen) atoms. The quantitative estimate of drug-likeness (QED) is 0.726. The van der Waals surface area contributed by atoms with Crippen molar-refractivity contribution in [3.63, 3.8) is 0 Å². The van der Waals surface area contributed by atoms with Crippen LogP contribution >= 0.6 is 0 Å². The number of aryl methyl sites for hydroxylation is 1. The summed E-state index contributed by atoms with van der Waals surface area (Å²) in [6.45, 7) is 10.2. The third-order valence-electron chi connectivity index (χ3n) is 3.27. The molecular weight excluding hydrogens is 228 g/mol. The van der Waals surface area contributed by atoms with E-state index in [9.17, 15) is 0 Å². The Balaban J connectivity index is 1.52. The van der Waals surface area contributed by atoms with E-state index in [4.69, 9.17) is 4.74 Å². The van der Waals surface area contributed by atoms with Crippen LogP contribution in [-0.4, -0.2) is 54.1 Å². The van der Waals surface area contributed by atoms with E-state index in [1.807, 2.05) is 10.9 Å². The average molecular weight is 252 g/mol. The lowest BCUT2D eigenvalue weighted by molar-refractivity contribution is 0.0374. The zero-order valence-corrected chi connectivity index (χ0v) is 11.3. The van der Waals surface area contributed by atoms with Crippen LogP contribution in [0.1, 0.15) is 18.9 Å². The van der Waals surface area contributed by atoms with Gasteiger partial charge in [-0.3, -0.25) is 9.58 Å². The number of hydrogen-bond donors (Lipinski definition) is 1. The largest absolute Gasteiger partial charge is 0.379 e. The first-order valence-corrected chi connectivity index (χ1v) is 6.90. The zero-order chi connectivity index (χ0) is 12.6. The normalized spacial score (nSPS) is 17.2. The van der Waals surface area contributed by atoms with Crippen molar-refractivity contribution in [2.75, 3.05) is 39.4 Å². The van der Waals surface area contributed by atoms with Crippen molar-refractivity contribution in [2.45, 2.75) is 26.4 Å². The van der Waals surface area contributed by atoms with Crippen molar-refractivity contribution in [1.29, 1.82) is 0 Å². The fourth-order valence-electron chi connectivity index (χ4n) is 2.16. The third-order valence-corrected chi connectivity index (χ3v) is 3.27. The molecule has 0 amide bonds. The molecule has 2 rings (SSSR count). The van der Waals surface area contributed by atoms with Gasteiger partial charge in [-0.05, 0) is 26.4 Å². The number of morpholine rings is 1. The first-order valence-electron chi connectivity index (χ1n) is 6.90. The van der Waals surface area contributed by atoms with Gasteiger partial charge in [0.15, 0.2) is 0 Å². The Hall–Kier alpha value is -0.910. The molecule has 0 aromatic carbocycles. The van der Waals surface area contributed by atoms with Crippen LogP contribution < -0.4 is 5.32 Å². The summed E-state index contributed by atoms with van der Waals surface area (Å²) in [5.74, 6) is 0. The van der Waals surface area contributed by atoms with E-state index in [0.717, 1.165) is 45.9 Å². The molecule has 1 aliphatic heterocycles. The third kappa shape index (κ3) is 4.40. The van der Waals surface area contributed by atoms with E-state index in [1.54, 1.807) is 0 Å². The Morgan fingerprint density at radius 1 is 1.39 bits per heavy atom. The molecule has 0 bridgehead atoms. The number of rotatable bonds is 7. The lowest BCUT2D eigenvalue weighted by atomic mass is 10.3. The molecule has 0 spiro atoms. The van der Waals surface area contributed by atoms with Crippen molar-refractivity contribution in [3.8, 4) is 0 Å². The van der Waals surface area contributed by atoms with Crippen molar-refractivity contribution in [1.82, 2.24) is 20.0 Å². The van der Waals surface area contributed by atoms with E-state index in [0.29, 0.717) is 0 Å². The monoisotopic (exact) mass is 252 g/mol. The molecule has 102 valence electrons. The number of nitrogens with zero attached hydrogens (tertiary/aromatic N) is 3. The Morgan fingerprint density at radius 3 is 2.94 bits per heavy atom. The molecule has 5 heteroatoms. The summed E-state index contributed by atoms with van der Waals surface area (Å²) in [5, 5.41) is 7.73. The van der Waals surface area contributed by atoms with Crippen LogP contribution in [0, 0.1) is 0 Å². The Labute approximate surface area is 109 Å². The summed E-state index contributed by atoms with van der Waals surface area (Å²) >= 11 is 0. The minimum absolute atomic E-state index is 0.892. The van der Waals surface area contributed by atoms with Crippen LogP contribution in [0.5, 0.6) is 0 Å². The second-order valence-corrected chi connectivity index (χ2v) is 4.69. The highest BCUT2D eigenvalue weighted by atomic mass is 16.5.